The number of benzene rings is 3. The van der Waals surface area contributed by atoms with Gasteiger partial charge in [-0.25, -0.2) is 25.8 Å². The second kappa shape index (κ2) is 21.2. The van der Waals surface area contributed by atoms with Crippen LogP contribution in [0.25, 0.3) is 11.0 Å². The molecule has 1 N–H and O–H groups in total. The molecule has 344 valence electrons. The number of ether oxygens (including phenoxy) is 3. The fourth-order valence-electron chi connectivity index (χ4n) is 6.60. The fraction of sp³-hybridized carbons (Fsp3) is 0.366. The Kier molecular flexibility index (Phi) is 16.2. The number of rotatable bonds is 22. The van der Waals surface area contributed by atoms with Crippen LogP contribution in [0.1, 0.15) is 55.0 Å². The summed E-state index contributed by atoms with van der Waals surface area (Å²) < 4.78 is 123. The van der Waals surface area contributed by atoms with Gasteiger partial charge in [-0.3, -0.25) is 28.9 Å². The number of non-ortho nitro benzene ring substituents is 1. The molecule has 1 amide bonds. The highest BCUT2D eigenvalue weighted by molar-refractivity contribution is 7.91. The van der Waals surface area contributed by atoms with Gasteiger partial charge >= 0.3 is 12.1 Å². The number of sulfone groups is 1. The van der Waals surface area contributed by atoms with E-state index in [2.05, 4.69) is 15.3 Å². The lowest BCUT2D eigenvalue weighted by Crippen LogP contribution is -2.29. The van der Waals surface area contributed by atoms with Gasteiger partial charge in [0.05, 0.1) is 53.7 Å². The molecular weight excluding hydrogens is 908 g/mol. The summed E-state index contributed by atoms with van der Waals surface area (Å²) in [7, 11) is -10.6. The van der Waals surface area contributed by atoms with Gasteiger partial charge in [0.1, 0.15) is 18.1 Å². The Morgan fingerprint density at radius 1 is 0.953 bits per heavy atom. The van der Waals surface area contributed by atoms with Crippen LogP contribution in [0.5, 0.6) is 11.5 Å². The number of para-hydroxylation sites is 2. The Hall–Kier alpha value is -5.94. The van der Waals surface area contributed by atoms with Crippen LogP contribution in [-0.2, 0) is 57.2 Å². The zero-order valence-electron chi connectivity index (χ0n) is 34.8. The summed E-state index contributed by atoms with van der Waals surface area (Å²) >= 11 is 0. The number of esters is 1. The third-order valence-electron chi connectivity index (χ3n) is 9.49. The zero-order chi connectivity index (χ0) is 46.8. The molecule has 3 aromatic carbocycles. The van der Waals surface area contributed by atoms with Gasteiger partial charge in [-0.2, -0.15) is 13.2 Å². The van der Waals surface area contributed by atoms with Gasteiger partial charge in [0.15, 0.2) is 23.1 Å². The number of imidazole rings is 1. The number of nitro groups is 1. The van der Waals surface area contributed by atoms with Crippen LogP contribution in [0, 0.1) is 24.0 Å². The number of nitrogens with one attached hydrogen (secondary N) is 1. The first kappa shape index (κ1) is 49.1. The number of aryl methyl sites for hydroxylation is 2. The highest BCUT2D eigenvalue weighted by atomic mass is 32.2. The average Bonchev–Trinajstić information content (AvgIpc) is 3.64. The number of fused-ring (bicyclic) bond motifs is 1. The molecule has 17 nitrogen and oxygen atoms in total. The van der Waals surface area contributed by atoms with Gasteiger partial charge in [-0.05, 0) is 80.6 Å². The molecule has 0 saturated carbocycles. The number of halogens is 3. The van der Waals surface area contributed by atoms with Crippen molar-refractivity contribution in [3.05, 3.63) is 105 Å². The maximum absolute atomic E-state index is 14.5. The van der Waals surface area contributed by atoms with Gasteiger partial charge in [0.2, 0.25) is 5.16 Å². The monoisotopic (exact) mass is 951 g/mol. The number of pyridine rings is 1. The number of hydrogen-bond acceptors (Lipinski definition) is 14. The third kappa shape index (κ3) is 12.6. The summed E-state index contributed by atoms with van der Waals surface area (Å²) in [5.74, 6) is -1.89. The summed E-state index contributed by atoms with van der Waals surface area (Å²) in [5, 5.41) is 13.3. The molecule has 0 bridgehead atoms. The summed E-state index contributed by atoms with van der Waals surface area (Å²) in [6, 6.07) is 15.0. The second-order valence-corrected chi connectivity index (χ2v) is 19.4. The van der Waals surface area contributed by atoms with Crippen molar-refractivity contribution >= 4 is 59.3 Å². The molecule has 0 spiro atoms. The minimum Gasteiger partial charge on any atom is -0.484 e. The van der Waals surface area contributed by atoms with Crippen LogP contribution in [0.2, 0.25) is 0 Å². The molecule has 2 heterocycles. The molecule has 1 unspecified atom stereocenters. The average molecular weight is 952 g/mol. The number of carbonyl (C=O) groups excluding carboxylic acids is 2. The Balaban J connectivity index is 1.14. The van der Waals surface area contributed by atoms with E-state index >= 15 is 0 Å². The van der Waals surface area contributed by atoms with Crippen molar-refractivity contribution < 1.29 is 62.9 Å². The minimum atomic E-state index is -4.60. The van der Waals surface area contributed by atoms with Crippen molar-refractivity contribution in [1.82, 2.24) is 19.3 Å². The first-order valence-electron chi connectivity index (χ1n) is 19.6. The molecule has 2 aromatic heterocycles. The van der Waals surface area contributed by atoms with E-state index < -0.39 is 79.2 Å². The van der Waals surface area contributed by atoms with Crippen LogP contribution in [0.4, 0.5) is 18.9 Å². The van der Waals surface area contributed by atoms with E-state index in [1.807, 2.05) is 0 Å². The predicted octanol–water partition coefficient (Wildman–Crippen LogP) is 6.08. The quantitative estimate of drug-likeness (QED) is 0.0359. The van der Waals surface area contributed by atoms with Crippen molar-refractivity contribution in [1.29, 1.82) is 0 Å². The highest BCUT2D eigenvalue weighted by Gasteiger charge is 2.32. The lowest BCUT2D eigenvalue weighted by atomic mass is 10.1. The summed E-state index contributed by atoms with van der Waals surface area (Å²) in [6.07, 6.45) is -1.75. The van der Waals surface area contributed by atoms with Crippen LogP contribution >= 0.6 is 0 Å². The predicted molar refractivity (Wildman–Crippen MR) is 227 cm³/mol. The van der Waals surface area contributed by atoms with Crippen LogP contribution in [0.3, 0.4) is 0 Å². The van der Waals surface area contributed by atoms with E-state index in [0.717, 1.165) is 16.1 Å². The maximum Gasteiger partial charge on any atom is 0.422 e. The first-order valence-corrected chi connectivity index (χ1v) is 24.0. The molecular formula is C41H44F3N5O12S3. The molecule has 5 rings (SSSR count). The SMILES string of the molecule is CCc1c(OCC(F)(F)F)ccnc1CS(=O)c1nc2ccccc2n1S(=O)(=O)c1c(C)cc(OCC(=O)NCCCCCC(=O)OCCS(=O)(=O)c2cccc([N+](=O)[O-])c2)cc1C. The van der Waals surface area contributed by atoms with Crippen molar-refractivity contribution in [3.8, 4) is 11.5 Å². The smallest absolute Gasteiger partial charge is 0.422 e. The number of amides is 1. The first-order chi connectivity index (χ1) is 30.2. The number of carbonyl (C=O) groups is 2. The number of nitrogens with zero attached hydrogens (tertiary/aromatic N) is 4. The number of alkyl halides is 3. The Morgan fingerprint density at radius 3 is 2.36 bits per heavy atom. The third-order valence-corrected chi connectivity index (χ3v) is 14.5. The van der Waals surface area contributed by atoms with Crippen molar-refractivity contribution in [2.24, 2.45) is 0 Å². The molecule has 0 radical (unpaired) electrons. The van der Waals surface area contributed by atoms with E-state index in [0.29, 0.717) is 19.3 Å². The number of hydrogen-bond donors (Lipinski definition) is 1. The largest absolute Gasteiger partial charge is 0.484 e. The van der Waals surface area contributed by atoms with Gasteiger partial charge < -0.3 is 19.5 Å². The molecule has 0 fully saturated rings. The van der Waals surface area contributed by atoms with E-state index in [1.165, 1.54) is 56.4 Å². The van der Waals surface area contributed by atoms with Crippen molar-refractivity contribution in [2.75, 3.05) is 32.1 Å². The molecule has 0 saturated heterocycles. The topological polar surface area (TPSA) is 233 Å². The molecule has 0 aliphatic heterocycles. The van der Waals surface area contributed by atoms with E-state index in [9.17, 15) is 53.9 Å². The number of unbranched alkanes of at least 4 members (excludes halogenated alkanes) is 2. The summed E-state index contributed by atoms with van der Waals surface area (Å²) in [5.41, 5.74) is 0.923. The molecule has 23 heteroatoms. The lowest BCUT2D eigenvalue weighted by Gasteiger charge is -2.17. The van der Waals surface area contributed by atoms with Gasteiger partial charge in [0, 0.05) is 36.9 Å². The zero-order valence-corrected chi connectivity index (χ0v) is 37.2. The Bertz CT molecular complexity index is 2760. The second-order valence-electron chi connectivity index (χ2n) is 14.3. The normalized spacial score (nSPS) is 12.5. The number of aromatic nitrogens is 3. The highest BCUT2D eigenvalue weighted by Crippen LogP contribution is 2.33. The molecule has 5 aromatic rings. The van der Waals surface area contributed by atoms with Crippen molar-refractivity contribution in [2.45, 2.75) is 79.8 Å². The van der Waals surface area contributed by atoms with Gasteiger partial charge in [-0.1, -0.05) is 31.5 Å². The summed E-state index contributed by atoms with van der Waals surface area (Å²) in [4.78, 5) is 43.2. The van der Waals surface area contributed by atoms with Crippen LogP contribution in [0.15, 0.2) is 87.9 Å². The lowest BCUT2D eigenvalue weighted by molar-refractivity contribution is -0.385. The van der Waals surface area contributed by atoms with E-state index in [4.69, 9.17) is 14.2 Å². The molecule has 64 heavy (non-hydrogen) atoms. The minimum absolute atomic E-state index is 0.00707. The van der Waals surface area contributed by atoms with Crippen molar-refractivity contribution in [3.63, 3.8) is 0 Å². The van der Waals surface area contributed by atoms with E-state index in [1.54, 1.807) is 25.1 Å². The van der Waals surface area contributed by atoms with Crippen LogP contribution < -0.4 is 14.8 Å². The Labute approximate surface area is 368 Å². The van der Waals surface area contributed by atoms with E-state index in [-0.39, 0.29) is 90.7 Å². The maximum atomic E-state index is 14.5. The standard InChI is InChI=1S/C41H44F3N5O12S3/c1-4-32-34(45-18-16-36(32)61-26-41(42,43)44)25-62(54)40-47-33-13-7-8-14-35(33)48(40)64(57,58)39-27(2)21-30(22-28(39)3)60-24-37(50)46-17-9-5-6-15-38(51)59-19-20-63(55,56)31-12-10-11-29(23-31)49(52)53/h7-8,10-14,16,18,21-23H,4-6,9,15,17,19-20,24-26H2,1-3H3,(H,46,50). The molecule has 0 aliphatic carbocycles. The summed E-state index contributed by atoms with van der Waals surface area (Å²) in [6.45, 7) is 2.62. The van der Waals surface area contributed by atoms with Gasteiger partial charge in [-0.15, -0.1) is 0 Å². The fourth-order valence-corrected chi connectivity index (χ4v) is 11.1. The van der Waals surface area contributed by atoms with Crippen LogP contribution in [-0.4, -0.2) is 90.1 Å². The van der Waals surface area contributed by atoms with Gasteiger partial charge in [0.25, 0.3) is 21.6 Å². The Morgan fingerprint density at radius 2 is 1.67 bits per heavy atom. The molecule has 1 atom stereocenters. The number of nitro benzene ring substituents is 1. The molecule has 0 aliphatic rings.